The van der Waals surface area contributed by atoms with Gasteiger partial charge in [-0.05, 0) is 37.1 Å². The van der Waals surface area contributed by atoms with Crippen molar-refractivity contribution < 1.29 is 0 Å². The minimum absolute atomic E-state index is 0. The molecule has 2 aromatic heterocycles. The maximum atomic E-state index is 12.3. The predicted octanol–water partition coefficient (Wildman–Crippen LogP) is 2.98. The fraction of sp³-hybridized carbons (Fsp3) is 0.333. The van der Waals surface area contributed by atoms with E-state index in [1.807, 2.05) is 47.2 Å². The number of pyridine rings is 1. The molecule has 0 atom stereocenters. The highest BCUT2D eigenvalue weighted by molar-refractivity contribution is 5.85. The molecule has 1 aromatic carbocycles. The van der Waals surface area contributed by atoms with E-state index in [4.69, 9.17) is 0 Å². The SMILES string of the molecule is Cl.O=c1[nH]c2ccccc2n1C1CCN(Cc2ccccn2)CC1. The van der Waals surface area contributed by atoms with E-state index in [0.29, 0.717) is 0 Å². The van der Waals surface area contributed by atoms with E-state index in [-0.39, 0.29) is 24.1 Å². The van der Waals surface area contributed by atoms with Gasteiger partial charge in [0.25, 0.3) is 0 Å². The molecule has 6 heteroatoms. The zero-order valence-corrected chi connectivity index (χ0v) is 14.2. The Labute approximate surface area is 146 Å². The number of H-pyrrole nitrogens is 1. The summed E-state index contributed by atoms with van der Waals surface area (Å²) in [4.78, 5) is 22.1. The Balaban J connectivity index is 0.00000169. The molecule has 1 aliphatic rings. The van der Waals surface area contributed by atoms with Crippen molar-refractivity contribution in [3.05, 3.63) is 64.8 Å². The van der Waals surface area contributed by atoms with Gasteiger partial charge in [-0.15, -0.1) is 12.4 Å². The Hall–Kier alpha value is -2.11. The number of fused-ring (bicyclic) bond motifs is 1. The average molecular weight is 345 g/mol. The molecule has 5 nitrogen and oxygen atoms in total. The number of hydrogen-bond acceptors (Lipinski definition) is 3. The average Bonchev–Trinajstić information content (AvgIpc) is 2.92. The second-order valence-electron chi connectivity index (χ2n) is 6.15. The first-order chi connectivity index (χ1) is 11.3. The largest absolute Gasteiger partial charge is 0.326 e. The molecule has 0 radical (unpaired) electrons. The summed E-state index contributed by atoms with van der Waals surface area (Å²) < 4.78 is 1.94. The standard InChI is InChI=1S/C18H20N4O.ClH/c23-18-20-16-6-1-2-7-17(16)22(18)15-8-11-21(12-9-15)13-14-5-3-4-10-19-14;/h1-7,10,15H,8-9,11-13H2,(H,20,23);1H. The number of halogens is 1. The molecule has 0 bridgehead atoms. The summed E-state index contributed by atoms with van der Waals surface area (Å²) in [5.41, 5.74) is 3.05. The predicted molar refractivity (Wildman–Crippen MR) is 97.6 cm³/mol. The Morgan fingerprint density at radius 3 is 2.58 bits per heavy atom. The molecule has 0 unspecified atom stereocenters. The highest BCUT2D eigenvalue weighted by Crippen LogP contribution is 2.25. The molecule has 0 amide bonds. The van der Waals surface area contributed by atoms with Gasteiger partial charge in [0.15, 0.2) is 0 Å². The van der Waals surface area contributed by atoms with Crippen LogP contribution in [-0.4, -0.2) is 32.5 Å². The first-order valence-electron chi connectivity index (χ1n) is 8.13. The topological polar surface area (TPSA) is 53.9 Å². The maximum absolute atomic E-state index is 12.3. The van der Waals surface area contributed by atoms with Gasteiger partial charge >= 0.3 is 5.69 Å². The van der Waals surface area contributed by atoms with Gasteiger partial charge in [0.05, 0.1) is 16.7 Å². The summed E-state index contributed by atoms with van der Waals surface area (Å²) in [7, 11) is 0. The first-order valence-corrected chi connectivity index (χ1v) is 8.13. The van der Waals surface area contributed by atoms with Crippen LogP contribution >= 0.6 is 12.4 Å². The Kier molecular flexibility index (Phi) is 5.02. The summed E-state index contributed by atoms with van der Waals surface area (Å²) in [6.45, 7) is 2.87. The number of likely N-dealkylation sites (tertiary alicyclic amines) is 1. The maximum Gasteiger partial charge on any atom is 0.326 e. The number of benzene rings is 1. The molecular formula is C18H21ClN4O. The van der Waals surface area contributed by atoms with Gasteiger partial charge in [0, 0.05) is 31.9 Å². The second kappa shape index (κ2) is 7.20. The van der Waals surface area contributed by atoms with Gasteiger partial charge in [-0.25, -0.2) is 4.79 Å². The smallest absolute Gasteiger partial charge is 0.306 e. The lowest BCUT2D eigenvalue weighted by molar-refractivity contribution is 0.178. The molecule has 3 heterocycles. The van der Waals surface area contributed by atoms with E-state index in [1.165, 1.54) is 0 Å². The molecule has 1 N–H and O–H groups in total. The fourth-order valence-electron chi connectivity index (χ4n) is 3.49. The molecule has 1 saturated heterocycles. The summed E-state index contributed by atoms with van der Waals surface area (Å²) in [6.07, 6.45) is 3.83. The summed E-state index contributed by atoms with van der Waals surface area (Å²) >= 11 is 0. The van der Waals surface area contributed by atoms with Crippen LogP contribution in [-0.2, 0) is 6.54 Å². The Morgan fingerprint density at radius 1 is 1.08 bits per heavy atom. The number of piperidine rings is 1. The van der Waals surface area contributed by atoms with E-state index in [9.17, 15) is 4.79 Å². The highest BCUT2D eigenvalue weighted by Gasteiger charge is 2.23. The number of aromatic amines is 1. The van der Waals surface area contributed by atoms with Crippen LogP contribution in [0.15, 0.2) is 53.5 Å². The lowest BCUT2D eigenvalue weighted by Crippen LogP contribution is -2.36. The molecule has 0 spiro atoms. The number of nitrogens with one attached hydrogen (secondary N) is 1. The third-order valence-electron chi connectivity index (χ3n) is 4.66. The molecule has 0 saturated carbocycles. The second-order valence-corrected chi connectivity index (χ2v) is 6.15. The highest BCUT2D eigenvalue weighted by atomic mass is 35.5. The molecule has 4 rings (SSSR count). The molecule has 0 aliphatic carbocycles. The van der Waals surface area contributed by atoms with Crippen LogP contribution in [0.2, 0.25) is 0 Å². The van der Waals surface area contributed by atoms with Gasteiger partial charge in [-0.1, -0.05) is 18.2 Å². The Morgan fingerprint density at radius 2 is 1.83 bits per heavy atom. The van der Waals surface area contributed by atoms with Gasteiger partial charge in [-0.2, -0.15) is 0 Å². The van der Waals surface area contributed by atoms with Crippen LogP contribution in [0.25, 0.3) is 11.0 Å². The normalized spacial score (nSPS) is 16.2. The third kappa shape index (κ3) is 3.23. The lowest BCUT2D eigenvalue weighted by atomic mass is 10.0. The quantitative estimate of drug-likeness (QED) is 0.794. The zero-order valence-electron chi connectivity index (χ0n) is 13.4. The summed E-state index contributed by atoms with van der Waals surface area (Å²) in [5, 5.41) is 0. The molecular weight excluding hydrogens is 324 g/mol. The number of hydrogen-bond donors (Lipinski definition) is 1. The van der Waals surface area contributed by atoms with E-state index in [0.717, 1.165) is 49.2 Å². The van der Waals surface area contributed by atoms with Crippen molar-refractivity contribution in [3.8, 4) is 0 Å². The monoisotopic (exact) mass is 344 g/mol. The van der Waals surface area contributed by atoms with Crippen LogP contribution in [0.4, 0.5) is 0 Å². The van der Waals surface area contributed by atoms with Crippen LogP contribution in [0.3, 0.4) is 0 Å². The summed E-state index contributed by atoms with van der Waals surface area (Å²) in [5.74, 6) is 0. The number of nitrogens with zero attached hydrogens (tertiary/aromatic N) is 3. The van der Waals surface area contributed by atoms with Gasteiger partial charge in [0.1, 0.15) is 0 Å². The Bertz CT molecular complexity index is 850. The third-order valence-corrected chi connectivity index (χ3v) is 4.66. The first kappa shape index (κ1) is 16.7. The summed E-state index contributed by atoms with van der Waals surface area (Å²) in [6, 6.07) is 14.2. The number of rotatable bonds is 3. The van der Waals surface area contributed by atoms with Crippen LogP contribution < -0.4 is 5.69 Å². The number of para-hydroxylation sites is 2. The fourth-order valence-corrected chi connectivity index (χ4v) is 3.49. The molecule has 24 heavy (non-hydrogen) atoms. The van der Waals surface area contributed by atoms with Gasteiger partial charge in [-0.3, -0.25) is 14.5 Å². The molecule has 1 fully saturated rings. The molecule has 126 valence electrons. The van der Waals surface area contributed by atoms with Crippen LogP contribution in [0, 0.1) is 0 Å². The van der Waals surface area contributed by atoms with Crippen molar-refractivity contribution >= 4 is 23.4 Å². The van der Waals surface area contributed by atoms with Crippen molar-refractivity contribution in [1.29, 1.82) is 0 Å². The number of aromatic nitrogens is 3. The van der Waals surface area contributed by atoms with Crippen molar-refractivity contribution in [2.75, 3.05) is 13.1 Å². The van der Waals surface area contributed by atoms with Crippen molar-refractivity contribution in [2.24, 2.45) is 0 Å². The minimum atomic E-state index is 0. The van der Waals surface area contributed by atoms with Crippen LogP contribution in [0.1, 0.15) is 24.6 Å². The van der Waals surface area contributed by atoms with Crippen LogP contribution in [0.5, 0.6) is 0 Å². The lowest BCUT2D eigenvalue weighted by Gasteiger charge is -2.32. The van der Waals surface area contributed by atoms with E-state index < -0.39 is 0 Å². The van der Waals surface area contributed by atoms with E-state index in [1.54, 1.807) is 0 Å². The van der Waals surface area contributed by atoms with E-state index in [2.05, 4.69) is 20.9 Å². The minimum Gasteiger partial charge on any atom is -0.306 e. The zero-order chi connectivity index (χ0) is 15.6. The van der Waals surface area contributed by atoms with Crippen molar-refractivity contribution in [3.63, 3.8) is 0 Å². The van der Waals surface area contributed by atoms with Gasteiger partial charge < -0.3 is 4.98 Å². The van der Waals surface area contributed by atoms with E-state index >= 15 is 0 Å². The number of imidazole rings is 1. The van der Waals surface area contributed by atoms with Crippen molar-refractivity contribution in [2.45, 2.75) is 25.4 Å². The van der Waals surface area contributed by atoms with Gasteiger partial charge in [0.2, 0.25) is 0 Å². The van der Waals surface area contributed by atoms with Crippen molar-refractivity contribution in [1.82, 2.24) is 19.4 Å². The molecule has 1 aliphatic heterocycles. The molecule has 3 aromatic rings.